The van der Waals surface area contributed by atoms with E-state index in [1.165, 1.54) is 0 Å². The zero-order valence-electron chi connectivity index (χ0n) is 17.8. The van der Waals surface area contributed by atoms with Crippen molar-refractivity contribution in [1.29, 1.82) is 0 Å². The number of nitrogens with one attached hydrogen (secondary N) is 1. The molecule has 0 spiro atoms. The van der Waals surface area contributed by atoms with Gasteiger partial charge in [-0.2, -0.15) is 0 Å². The molecule has 32 heavy (non-hydrogen) atoms. The number of fused-ring (bicyclic) bond motifs is 1. The lowest BCUT2D eigenvalue weighted by molar-refractivity contribution is 0.0975. The minimum Gasteiger partial charge on any atom is -0.497 e. The molecule has 3 aromatic rings. The Morgan fingerprint density at radius 3 is 2.50 bits per heavy atom. The lowest BCUT2D eigenvalue weighted by Gasteiger charge is -2.38. The molecule has 3 aromatic carbocycles. The van der Waals surface area contributed by atoms with Crippen LogP contribution >= 0.6 is 11.6 Å². The number of benzene rings is 3. The van der Waals surface area contributed by atoms with Gasteiger partial charge in [0.05, 0.1) is 24.8 Å². The lowest BCUT2D eigenvalue weighted by atomic mass is 10.0. The average Bonchev–Trinajstić information content (AvgIpc) is 2.83. The summed E-state index contributed by atoms with van der Waals surface area (Å²) in [5.41, 5.74) is 2.68. The molecule has 1 N–H and O–H groups in total. The SMILES string of the molecule is C=CCOc1cc(Cl)c([C@H]2Nc3ccccc3C(=O)N2c2ccc(OC)cc2)cc1OC. The predicted molar refractivity (Wildman–Crippen MR) is 126 cm³/mol. The number of anilines is 2. The summed E-state index contributed by atoms with van der Waals surface area (Å²) in [5, 5.41) is 3.89. The topological polar surface area (TPSA) is 60.0 Å². The Kier molecular flexibility index (Phi) is 6.23. The van der Waals surface area contributed by atoms with Crippen molar-refractivity contribution in [3.05, 3.63) is 89.5 Å². The Morgan fingerprint density at radius 1 is 1.06 bits per heavy atom. The number of halogens is 1. The van der Waals surface area contributed by atoms with Crippen LogP contribution < -0.4 is 24.4 Å². The van der Waals surface area contributed by atoms with E-state index in [-0.39, 0.29) is 5.91 Å². The number of nitrogens with zero attached hydrogens (tertiary/aromatic N) is 1. The lowest BCUT2D eigenvalue weighted by Crippen LogP contribution is -2.43. The second kappa shape index (κ2) is 9.24. The molecular formula is C25H23ClN2O4. The quantitative estimate of drug-likeness (QED) is 0.468. The predicted octanol–water partition coefficient (Wildman–Crippen LogP) is 5.69. The molecule has 1 heterocycles. The van der Waals surface area contributed by atoms with Crippen LogP contribution in [0.5, 0.6) is 17.2 Å². The molecule has 0 radical (unpaired) electrons. The summed E-state index contributed by atoms with van der Waals surface area (Å²) in [6.45, 7) is 3.99. The Morgan fingerprint density at radius 2 is 1.81 bits per heavy atom. The van der Waals surface area contributed by atoms with Crippen LogP contribution in [0.2, 0.25) is 5.02 Å². The van der Waals surface area contributed by atoms with Crippen molar-refractivity contribution < 1.29 is 19.0 Å². The van der Waals surface area contributed by atoms with Gasteiger partial charge in [-0.05, 0) is 42.5 Å². The normalized spacial score (nSPS) is 14.9. The van der Waals surface area contributed by atoms with Gasteiger partial charge in [-0.15, -0.1) is 0 Å². The smallest absolute Gasteiger partial charge is 0.262 e. The maximum atomic E-state index is 13.6. The Labute approximate surface area is 192 Å². The van der Waals surface area contributed by atoms with Crippen molar-refractivity contribution in [2.45, 2.75) is 6.17 Å². The van der Waals surface area contributed by atoms with Gasteiger partial charge in [-0.3, -0.25) is 9.69 Å². The van der Waals surface area contributed by atoms with Gasteiger partial charge in [-0.1, -0.05) is 36.4 Å². The molecule has 6 nitrogen and oxygen atoms in total. The van der Waals surface area contributed by atoms with Gasteiger partial charge < -0.3 is 19.5 Å². The highest BCUT2D eigenvalue weighted by atomic mass is 35.5. The van der Waals surface area contributed by atoms with Crippen LogP contribution in [0, 0.1) is 0 Å². The highest BCUT2D eigenvalue weighted by molar-refractivity contribution is 6.31. The van der Waals surface area contributed by atoms with E-state index >= 15 is 0 Å². The summed E-state index contributed by atoms with van der Waals surface area (Å²) < 4.78 is 16.5. The monoisotopic (exact) mass is 450 g/mol. The fourth-order valence-corrected chi connectivity index (χ4v) is 3.92. The second-order valence-corrected chi connectivity index (χ2v) is 7.50. The summed E-state index contributed by atoms with van der Waals surface area (Å²) in [4.78, 5) is 15.2. The van der Waals surface area contributed by atoms with Crippen LogP contribution in [0.1, 0.15) is 22.1 Å². The second-order valence-electron chi connectivity index (χ2n) is 7.09. The molecule has 0 fully saturated rings. The van der Waals surface area contributed by atoms with Crippen molar-refractivity contribution in [1.82, 2.24) is 0 Å². The molecule has 1 aliphatic heterocycles. The summed E-state index contributed by atoms with van der Waals surface area (Å²) in [7, 11) is 3.16. The van der Waals surface area contributed by atoms with Crippen molar-refractivity contribution in [2.75, 3.05) is 31.0 Å². The number of carbonyl (C=O) groups excluding carboxylic acids is 1. The van der Waals surface area contributed by atoms with Crippen LogP contribution in [0.3, 0.4) is 0 Å². The number of carbonyl (C=O) groups is 1. The first-order valence-electron chi connectivity index (χ1n) is 10.0. The van der Waals surface area contributed by atoms with Crippen molar-refractivity contribution in [3.63, 3.8) is 0 Å². The highest BCUT2D eigenvalue weighted by Gasteiger charge is 2.35. The van der Waals surface area contributed by atoms with Gasteiger partial charge in [0.15, 0.2) is 11.5 Å². The van der Waals surface area contributed by atoms with Crippen LogP contribution in [0.15, 0.2) is 73.3 Å². The molecule has 1 amide bonds. The van der Waals surface area contributed by atoms with Gasteiger partial charge in [0.1, 0.15) is 18.5 Å². The fourth-order valence-electron chi connectivity index (χ4n) is 3.66. The van der Waals surface area contributed by atoms with E-state index in [9.17, 15) is 4.79 Å². The number of hydrogen-bond acceptors (Lipinski definition) is 5. The van der Waals surface area contributed by atoms with Crippen molar-refractivity contribution in [2.24, 2.45) is 0 Å². The maximum Gasteiger partial charge on any atom is 0.262 e. The minimum atomic E-state index is -0.569. The first-order valence-corrected chi connectivity index (χ1v) is 10.4. The molecule has 0 saturated carbocycles. The van der Waals surface area contributed by atoms with E-state index in [4.69, 9.17) is 25.8 Å². The van der Waals surface area contributed by atoms with Crippen molar-refractivity contribution in [3.8, 4) is 17.2 Å². The highest BCUT2D eigenvalue weighted by Crippen LogP contribution is 2.42. The molecular weight excluding hydrogens is 428 g/mol. The molecule has 0 unspecified atom stereocenters. The van der Waals surface area contributed by atoms with Gasteiger partial charge in [0.2, 0.25) is 0 Å². The summed E-state index contributed by atoms with van der Waals surface area (Å²) in [5.74, 6) is 1.57. The van der Waals surface area contributed by atoms with E-state index in [0.717, 1.165) is 5.69 Å². The number of rotatable bonds is 7. The summed E-state index contributed by atoms with van der Waals surface area (Å²) in [6.07, 6.45) is 1.07. The molecule has 7 heteroatoms. The number of methoxy groups -OCH3 is 2. The van der Waals surface area contributed by atoms with Gasteiger partial charge >= 0.3 is 0 Å². The molecule has 4 rings (SSSR count). The van der Waals surface area contributed by atoms with Gasteiger partial charge in [0.25, 0.3) is 5.91 Å². The van der Waals surface area contributed by atoms with E-state index in [1.54, 1.807) is 43.4 Å². The fraction of sp³-hybridized carbons (Fsp3) is 0.160. The zero-order valence-corrected chi connectivity index (χ0v) is 18.6. The van der Waals surface area contributed by atoms with E-state index in [0.29, 0.717) is 45.7 Å². The molecule has 0 bridgehead atoms. The van der Waals surface area contributed by atoms with Gasteiger partial charge in [-0.25, -0.2) is 0 Å². The van der Waals surface area contributed by atoms with Crippen LogP contribution in [-0.2, 0) is 0 Å². The number of hydrogen-bond donors (Lipinski definition) is 1. The molecule has 1 atom stereocenters. The third-order valence-corrected chi connectivity index (χ3v) is 5.54. The third-order valence-electron chi connectivity index (χ3n) is 5.21. The first-order chi connectivity index (χ1) is 15.6. The maximum absolute atomic E-state index is 13.6. The minimum absolute atomic E-state index is 0.142. The average molecular weight is 451 g/mol. The third kappa shape index (κ3) is 3.97. The van der Waals surface area contributed by atoms with Crippen LogP contribution in [-0.4, -0.2) is 26.7 Å². The molecule has 164 valence electrons. The van der Waals surface area contributed by atoms with E-state index in [1.807, 2.05) is 42.5 Å². The van der Waals surface area contributed by atoms with Crippen LogP contribution in [0.4, 0.5) is 11.4 Å². The van der Waals surface area contributed by atoms with Gasteiger partial charge in [0, 0.05) is 23.0 Å². The van der Waals surface area contributed by atoms with Crippen LogP contribution in [0.25, 0.3) is 0 Å². The number of ether oxygens (including phenoxy) is 3. The number of para-hydroxylation sites is 1. The Hall–Kier alpha value is -3.64. The van der Waals surface area contributed by atoms with E-state index in [2.05, 4.69) is 11.9 Å². The summed E-state index contributed by atoms with van der Waals surface area (Å²) in [6, 6.07) is 18.2. The van der Waals surface area contributed by atoms with E-state index < -0.39 is 6.17 Å². The molecule has 0 saturated heterocycles. The Bertz CT molecular complexity index is 1150. The summed E-state index contributed by atoms with van der Waals surface area (Å²) >= 11 is 6.69. The first kappa shape index (κ1) is 21.6. The Balaban J connectivity index is 1.84. The molecule has 1 aliphatic rings. The largest absolute Gasteiger partial charge is 0.497 e. The molecule has 0 aromatic heterocycles. The standard InChI is InChI=1S/C25H23ClN2O4/c1-4-13-32-23-15-20(26)19(14-22(23)31-3)24-27-21-8-6-5-7-18(21)25(29)28(24)16-9-11-17(30-2)12-10-16/h4-12,14-15,24,27H,1,13H2,2-3H3/t24-/m0/s1. The number of amides is 1. The zero-order chi connectivity index (χ0) is 22.7. The van der Waals surface area contributed by atoms with Crippen molar-refractivity contribution >= 4 is 28.9 Å². The molecule has 0 aliphatic carbocycles.